The van der Waals surface area contributed by atoms with Crippen molar-refractivity contribution in [2.45, 2.75) is 40.7 Å². The average molecular weight is 425 g/mol. The number of carbonyl (C=O) groups is 3. The fourth-order valence-electron chi connectivity index (χ4n) is 3.13. The molecule has 2 amide bonds. The number of nitrogens with zero attached hydrogens (tertiary/aromatic N) is 3. The zero-order valence-corrected chi connectivity index (χ0v) is 18.6. The van der Waals surface area contributed by atoms with Crippen LogP contribution in [0.15, 0.2) is 30.0 Å². The SMILES string of the molecule is Cc1cc(/C=C(\C#N)C(=O)OCC(=O)NC(=O)c2cccn2C)c(C)n1CCC(C)C. The highest BCUT2D eigenvalue weighted by Crippen LogP contribution is 2.20. The first-order valence-corrected chi connectivity index (χ1v) is 10.0. The number of esters is 1. The van der Waals surface area contributed by atoms with E-state index in [0.29, 0.717) is 11.6 Å². The van der Waals surface area contributed by atoms with E-state index in [2.05, 4.69) is 23.7 Å². The molecule has 2 heterocycles. The third-order valence-corrected chi connectivity index (χ3v) is 4.95. The molecule has 0 radical (unpaired) electrons. The maximum Gasteiger partial charge on any atom is 0.349 e. The van der Waals surface area contributed by atoms with Crippen LogP contribution in [0.4, 0.5) is 0 Å². The standard InChI is InChI=1S/C23H28N4O4/c1-15(2)8-10-27-16(3)11-18(17(27)4)12-19(13-24)23(30)31-14-21(28)25-22(29)20-7-6-9-26(20)5/h6-7,9,11-12,15H,8,10,14H2,1-5H3,(H,25,28,29)/b19-12+. The summed E-state index contributed by atoms with van der Waals surface area (Å²) in [6, 6.07) is 6.96. The van der Waals surface area contributed by atoms with Crippen molar-refractivity contribution in [3.8, 4) is 6.07 Å². The molecule has 0 spiro atoms. The molecule has 0 bridgehead atoms. The molecular weight excluding hydrogens is 396 g/mol. The van der Waals surface area contributed by atoms with E-state index in [4.69, 9.17) is 4.74 Å². The predicted molar refractivity (Wildman–Crippen MR) is 116 cm³/mol. The highest BCUT2D eigenvalue weighted by atomic mass is 16.5. The Morgan fingerprint density at radius 1 is 1.29 bits per heavy atom. The fraction of sp³-hybridized carbons (Fsp3) is 0.391. The molecule has 31 heavy (non-hydrogen) atoms. The molecule has 0 aliphatic carbocycles. The summed E-state index contributed by atoms with van der Waals surface area (Å²) in [6.07, 6.45) is 4.15. The third-order valence-electron chi connectivity index (χ3n) is 4.95. The van der Waals surface area contributed by atoms with Gasteiger partial charge in [-0.2, -0.15) is 5.26 Å². The molecule has 8 nitrogen and oxygen atoms in total. The van der Waals surface area contributed by atoms with Gasteiger partial charge in [-0.3, -0.25) is 14.9 Å². The number of imide groups is 1. The van der Waals surface area contributed by atoms with Crippen LogP contribution in [0.5, 0.6) is 0 Å². The second-order valence-corrected chi connectivity index (χ2v) is 7.79. The summed E-state index contributed by atoms with van der Waals surface area (Å²) in [4.78, 5) is 36.2. The minimum absolute atomic E-state index is 0.217. The van der Waals surface area contributed by atoms with Crippen molar-refractivity contribution in [2.75, 3.05) is 6.61 Å². The van der Waals surface area contributed by atoms with E-state index in [-0.39, 0.29) is 5.57 Å². The number of aryl methyl sites for hydroxylation is 2. The number of ether oxygens (including phenoxy) is 1. The lowest BCUT2D eigenvalue weighted by Crippen LogP contribution is -2.35. The molecule has 0 saturated heterocycles. The quantitative estimate of drug-likeness (QED) is 0.398. The monoisotopic (exact) mass is 424 g/mol. The van der Waals surface area contributed by atoms with E-state index in [1.54, 1.807) is 29.9 Å². The van der Waals surface area contributed by atoms with Gasteiger partial charge in [0, 0.05) is 31.2 Å². The van der Waals surface area contributed by atoms with Crippen molar-refractivity contribution in [3.05, 3.63) is 52.6 Å². The number of hydrogen-bond acceptors (Lipinski definition) is 5. The molecule has 1 N–H and O–H groups in total. The zero-order chi connectivity index (χ0) is 23.1. The highest BCUT2D eigenvalue weighted by molar-refractivity contribution is 6.05. The van der Waals surface area contributed by atoms with E-state index < -0.39 is 24.4 Å². The fourth-order valence-corrected chi connectivity index (χ4v) is 3.13. The second-order valence-electron chi connectivity index (χ2n) is 7.79. The molecule has 0 unspecified atom stereocenters. The molecule has 0 atom stereocenters. The largest absolute Gasteiger partial charge is 0.451 e. The van der Waals surface area contributed by atoms with Crippen LogP contribution in [0.1, 0.15) is 47.7 Å². The summed E-state index contributed by atoms with van der Waals surface area (Å²) >= 11 is 0. The van der Waals surface area contributed by atoms with E-state index in [1.807, 2.05) is 26.0 Å². The number of carbonyl (C=O) groups excluding carboxylic acids is 3. The maximum absolute atomic E-state index is 12.3. The molecule has 2 aromatic rings. The van der Waals surface area contributed by atoms with Crippen molar-refractivity contribution in [1.82, 2.24) is 14.5 Å². The molecule has 0 saturated carbocycles. The minimum atomic E-state index is -0.920. The Morgan fingerprint density at radius 3 is 2.58 bits per heavy atom. The molecular formula is C23H28N4O4. The van der Waals surface area contributed by atoms with Crippen LogP contribution in [0.25, 0.3) is 6.08 Å². The van der Waals surface area contributed by atoms with Gasteiger partial charge in [-0.25, -0.2) is 4.79 Å². The Morgan fingerprint density at radius 2 is 2.00 bits per heavy atom. The first kappa shape index (κ1) is 23.7. The summed E-state index contributed by atoms with van der Waals surface area (Å²) in [5.74, 6) is -1.73. The molecule has 8 heteroatoms. The van der Waals surface area contributed by atoms with Crippen LogP contribution in [0, 0.1) is 31.1 Å². The Hall–Kier alpha value is -3.60. The van der Waals surface area contributed by atoms with Gasteiger partial charge in [-0.1, -0.05) is 13.8 Å². The van der Waals surface area contributed by atoms with Crippen LogP contribution < -0.4 is 5.32 Å². The summed E-state index contributed by atoms with van der Waals surface area (Å²) in [7, 11) is 1.67. The first-order chi connectivity index (χ1) is 14.6. The number of aromatic nitrogens is 2. The van der Waals surface area contributed by atoms with E-state index in [0.717, 1.165) is 29.9 Å². The Labute approximate surface area is 182 Å². The molecule has 2 rings (SSSR count). The number of rotatable bonds is 8. The molecule has 164 valence electrons. The van der Waals surface area contributed by atoms with Crippen LogP contribution in [-0.4, -0.2) is 33.5 Å². The van der Waals surface area contributed by atoms with Crippen LogP contribution in [0.3, 0.4) is 0 Å². The summed E-state index contributed by atoms with van der Waals surface area (Å²) < 4.78 is 8.63. The van der Waals surface area contributed by atoms with E-state index >= 15 is 0 Å². The van der Waals surface area contributed by atoms with Gasteiger partial charge in [-0.05, 0) is 56.0 Å². The zero-order valence-electron chi connectivity index (χ0n) is 18.6. The second kappa shape index (κ2) is 10.4. The lowest BCUT2D eigenvalue weighted by Gasteiger charge is -2.11. The number of nitriles is 1. The van der Waals surface area contributed by atoms with Gasteiger partial charge in [0.2, 0.25) is 0 Å². The van der Waals surface area contributed by atoms with E-state index in [9.17, 15) is 19.6 Å². The normalized spacial score (nSPS) is 11.3. The van der Waals surface area contributed by atoms with Gasteiger partial charge in [0.15, 0.2) is 6.61 Å². The molecule has 0 fully saturated rings. The molecule has 0 aliphatic heterocycles. The summed E-state index contributed by atoms with van der Waals surface area (Å²) in [6.45, 7) is 8.40. The van der Waals surface area contributed by atoms with Crippen molar-refractivity contribution in [1.29, 1.82) is 5.26 Å². The van der Waals surface area contributed by atoms with E-state index in [1.165, 1.54) is 6.08 Å². The smallest absolute Gasteiger partial charge is 0.349 e. The van der Waals surface area contributed by atoms with Crippen molar-refractivity contribution < 1.29 is 19.1 Å². The Kier molecular flexibility index (Phi) is 7.97. The van der Waals surface area contributed by atoms with Crippen molar-refractivity contribution in [3.63, 3.8) is 0 Å². The van der Waals surface area contributed by atoms with Crippen molar-refractivity contribution >= 4 is 23.9 Å². The predicted octanol–water partition coefficient (Wildman–Crippen LogP) is 2.90. The molecule has 2 aromatic heterocycles. The van der Waals surface area contributed by atoms with Crippen LogP contribution >= 0.6 is 0 Å². The molecule has 0 aromatic carbocycles. The number of nitrogens with one attached hydrogen (secondary N) is 1. The topological polar surface area (TPSA) is 106 Å². The van der Waals surface area contributed by atoms with Crippen molar-refractivity contribution in [2.24, 2.45) is 13.0 Å². The average Bonchev–Trinajstić information content (AvgIpc) is 3.25. The number of amides is 2. The Bertz CT molecular complexity index is 1050. The van der Waals surface area contributed by atoms with Crippen LogP contribution in [0.2, 0.25) is 0 Å². The van der Waals surface area contributed by atoms with Crippen LogP contribution in [-0.2, 0) is 27.9 Å². The lowest BCUT2D eigenvalue weighted by atomic mass is 10.1. The number of hydrogen-bond donors (Lipinski definition) is 1. The summed E-state index contributed by atoms with van der Waals surface area (Å²) in [5, 5.41) is 11.5. The van der Waals surface area contributed by atoms with Gasteiger partial charge in [0.25, 0.3) is 11.8 Å². The third kappa shape index (κ3) is 6.19. The highest BCUT2D eigenvalue weighted by Gasteiger charge is 2.18. The summed E-state index contributed by atoms with van der Waals surface area (Å²) in [5.41, 5.74) is 2.81. The lowest BCUT2D eigenvalue weighted by molar-refractivity contribution is -0.144. The van der Waals surface area contributed by atoms with Gasteiger partial charge in [0.1, 0.15) is 17.3 Å². The minimum Gasteiger partial charge on any atom is -0.451 e. The molecule has 0 aliphatic rings. The first-order valence-electron chi connectivity index (χ1n) is 10.0. The van der Waals surface area contributed by atoms with Gasteiger partial charge >= 0.3 is 5.97 Å². The van der Waals surface area contributed by atoms with Gasteiger partial charge < -0.3 is 13.9 Å². The maximum atomic E-state index is 12.3. The Balaban J connectivity index is 2.02. The van der Waals surface area contributed by atoms with Gasteiger partial charge in [-0.15, -0.1) is 0 Å². The van der Waals surface area contributed by atoms with Gasteiger partial charge in [0.05, 0.1) is 0 Å².